The van der Waals surface area contributed by atoms with Crippen molar-refractivity contribution in [3.05, 3.63) is 50.5 Å². The molecule has 0 saturated heterocycles. The Morgan fingerprint density at radius 3 is 2.28 bits per heavy atom. The maximum Gasteiger partial charge on any atom is 0.416 e. The van der Waals surface area contributed by atoms with E-state index in [1.54, 1.807) is 11.6 Å². The lowest BCUT2D eigenvalue weighted by molar-refractivity contribution is -0.137. The zero-order valence-corrected chi connectivity index (χ0v) is 15.3. The molecule has 2 rings (SSSR count). The number of nitrogens with zero attached hydrogens (tertiary/aromatic N) is 2. The molecule has 8 heteroatoms. The summed E-state index contributed by atoms with van der Waals surface area (Å²) in [5, 5.41) is 0. The number of hydrogen-bond acceptors (Lipinski definition) is 2. The van der Waals surface area contributed by atoms with Gasteiger partial charge in [0.25, 0.3) is 5.91 Å². The van der Waals surface area contributed by atoms with Crippen LogP contribution >= 0.6 is 11.3 Å². The van der Waals surface area contributed by atoms with Crippen LogP contribution in [0.3, 0.4) is 0 Å². The molecule has 0 bridgehead atoms. The summed E-state index contributed by atoms with van der Waals surface area (Å²) in [6.07, 6.45) is -4.66. The molecule has 0 aliphatic heterocycles. The van der Waals surface area contributed by atoms with Crippen molar-refractivity contribution in [3.63, 3.8) is 0 Å². The highest BCUT2D eigenvalue weighted by molar-refractivity contribution is 7.09. The molecule has 1 amide bonds. The van der Waals surface area contributed by atoms with E-state index in [1.807, 2.05) is 27.7 Å². The van der Waals surface area contributed by atoms with E-state index in [1.165, 1.54) is 11.3 Å². The second-order valence-electron chi connectivity index (χ2n) is 6.72. The molecule has 1 heterocycles. The molecular formula is C17H18F4N2OS. The number of rotatable bonds is 1. The van der Waals surface area contributed by atoms with Gasteiger partial charge in [-0.05, 0) is 30.5 Å². The SMILES string of the molecule is Cc1c(C(C)(C)C)sc(=NC(=O)c2cc(C(F)(F)F)ccc2F)n1C. The van der Waals surface area contributed by atoms with Gasteiger partial charge in [-0.3, -0.25) is 4.79 Å². The van der Waals surface area contributed by atoms with Crippen molar-refractivity contribution in [1.82, 2.24) is 4.57 Å². The fourth-order valence-corrected chi connectivity index (χ4v) is 3.51. The van der Waals surface area contributed by atoms with Crippen LogP contribution in [0.5, 0.6) is 0 Å². The number of alkyl halides is 3. The van der Waals surface area contributed by atoms with Crippen LogP contribution < -0.4 is 4.80 Å². The van der Waals surface area contributed by atoms with E-state index in [2.05, 4.69) is 4.99 Å². The minimum absolute atomic E-state index is 0.176. The van der Waals surface area contributed by atoms with Crippen LogP contribution in [0.1, 0.15) is 47.3 Å². The topological polar surface area (TPSA) is 34.4 Å². The molecule has 0 unspecified atom stereocenters. The Morgan fingerprint density at radius 1 is 1.20 bits per heavy atom. The number of aromatic nitrogens is 1. The monoisotopic (exact) mass is 374 g/mol. The molecule has 136 valence electrons. The molecule has 0 aliphatic rings. The van der Waals surface area contributed by atoms with Gasteiger partial charge in [0.15, 0.2) is 4.80 Å². The first-order valence-electron chi connectivity index (χ1n) is 7.45. The summed E-state index contributed by atoms with van der Waals surface area (Å²) in [5.74, 6) is -2.07. The zero-order valence-electron chi connectivity index (χ0n) is 14.5. The molecule has 0 fully saturated rings. The fourth-order valence-electron chi connectivity index (χ4n) is 2.34. The molecule has 0 atom stereocenters. The normalized spacial score (nSPS) is 13.4. The Kier molecular flexibility index (Phi) is 4.96. The molecule has 2 aromatic rings. The van der Waals surface area contributed by atoms with E-state index in [4.69, 9.17) is 0 Å². The van der Waals surface area contributed by atoms with Gasteiger partial charge in [-0.25, -0.2) is 4.39 Å². The van der Waals surface area contributed by atoms with E-state index in [-0.39, 0.29) is 5.41 Å². The van der Waals surface area contributed by atoms with Crippen molar-refractivity contribution >= 4 is 17.2 Å². The van der Waals surface area contributed by atoms with Crippen molar-refractivity contribution < 1.29 is 22.4 Å². The Balaban J connectivity index is 2.56. The first-order chi connectivity index (χ1) is 11.3. The number of hydrogen-bond donors (Lipinski definition) is 0. The molecule has 0 saturated carbocycles. The lowest BCUT2D eigenvalue weighted by atomic mass is 9.93. The summed E-state index contributed by atoms with van der Waals surface area (Å²) in [4.78, 5) is 17.4. The molecule has 1 aromatic carbocycles. The first-order valence-corrected chi connectivity index (χ1v) is 8.26. The number of carbonyl (C=O) groups excluding carboxylic acids is 1. The van der Waals surface area contributed by atoms with Gasteiger partial charge in [0.05, 0.1) is 11.1 Å². The minimum atomic E-state index is -4.66. The lowest BCUT2D eigenvalue weighted by Gasteiger charge is -2.17. The predicted octanol–water partition coefficient (Wildman–Crippen LogP) is 4.59. The average Bonchev–Trinajstić information content (AvgIpc) is 2.74. The maximum absolute atomic E-state index is 13.8. The minimum Gasteiger partial charge on any atom is -0.324 e. The summed E-state index contributed by atoms with van der Waals surface area (Å²) >= 11 is 1.26. The first kappa shape index (κ1) is 19.4. The second-order valence-corrected chi connectivity index (χ2v) is 7.70. The maximum atomic E-state index is 13.8. The molecular weight excluding hydrogens is 356 g/mol. The summed E-state index contributed by atoms with van der Waals surface area (Å²) in [6.45, 7) is 7.88. The van der Waals surface area contributed by atoms with Crippen molar-refractivity contribution in [2.45, 2.75) is 39.3 Å². The molecule has 0 spiro atoms. The molecule has 0 aliphatic carbocycles. The highest BCUT2D eigenvalue weighted by Gasteiger charge is 2.32. The van der Waals surface area contributed by atoms with Gasteiger partial charge in [-0.15, -0.1) is 11.3 Å². The van der Waals surface area contributed by atoms with Crippen LogP contribution in [0, 0.1) is 12.7 Å². The zero-order chi connectivity index (χ0) is 19.2. The Bertz CT molecular complexity index is 886. The van der Waals surface area contributed by atoms with E-state index in [0.717, 1.165) is 10.6 Å². The number of halogens is 4. The molecule has 0 N–H and O–H groups in total. The largest absolute Gasteiger partial charge is 0.416 e. The van der Waals surface area contributed by atoms with Gasteiger partial charge in [-0.2, -0.15) is 18.2 Å². The van der Waals surface area contributed by atoms with Crippen LogP contribution in [0.15, 0.2) is 23.2 Å². The van der Waals surface area contributed by atoms with Crippen molar-refractivity contribution in [1.29, 1.82) is 0 Å². The van der Waals surface area contributed by atoms with Gasteiger partial charge in [0, 0.05) is 17.6 Å². The molecule has 3 nitrogen and oxygen atoms in total. The standard InChI is InChI=1S/C17H18F4N2OS/c1-9-13(16(2,3)4)25-15(23(9)5)22-14(24)11-8-10(17(19,20)21)6-7-12(11)18/h6-8H,1-5H3. The van der Waals surface area contributed by atoms with E-state index in [0.29, 0.717) is 23.0 Å². The van der Waals surface area contributed by atoms with E-state index >= 15 is 0 Å². The number of thiazole rings is 1. The summed E-state index contributed by atoms with van der Waals surface area (Å²) in [5.41, 5.74) is -1.06. The molecule has 1 aromatic heterocycles. The van der Waals surface area contributed by atoms with Crippen LogP contribution in [0.25, 0.3) is 0 Å². The Labute approximate surface area is 146 Å². The third-order valence-corrected chi connectivity index (χ3v) is 5.37. The third kappa shape index (κ3) is 4.00. The van der Waals surface area contributed by atoms with Gasteiger partial charge >= 0.3 is 6.18 Å². The van der Waals surface area contributed by atoms with Crippen molar-refractivity contribution in [3.8, 4) is 0 Å². The smallest absolute Gasteiger partial charge is 0.324 e. The molecule has 0 radical (unpaired) electrons. The van der Waals surface area contributed by atoms with Gasteiger partial charge in [0.1, 0.15) is 5.82 Å². The Morgan fingerprint density at radius 2 is 1.80 bits per heavy atom. The number of benzene rings is 1. The van der Waals surface area contributed by atoms with Gasteiger partial charge in [-0.1, -0.05) is 20.8 Å². The van der Waals surface area contributed by atoms with Crippen LogP contribution in [-0.2, 0) is 18.6 Å². The second kappa shape index (κ2) is 6.40. The average molecular weight is 374 g/mol. The van der Waals surface area contributed by atoms with Crippen molar-refractivity contribution in [2.75, 3.05) is 0 Å². The Hall–Kier alpha value is -1.96. The fraction of sp³-hybridized carbons (Fsp3) is 0.412. The molecule has 25 heavy (non-hydrogen) atoms. The number of carbonyl (C=O) groups is 1. The summed E-state index contributed by atoms with van der Waals surface area (Å²) < 4.78 is 53.8. The summed E-state index contributed by atoms with van der Waals surface area (Å²) in [7, 11) is 1.70. The summed E-state index contributed by atoms with van der Waals surface area (Å²) in [6, 6.07) is 1.72. The van der Waals surface area contributed by atoms with E-state index in [9.17, 15) is 22.4 Å². The number of amides is 1. The van der Waals surface area contributed by atoms with Crippen LogP contribution in [0.2, 0.25) is 0 Å². The van der Waals surface area contributed by atoms with Gasteiger partial charge in [0.2, 0.25) is 0 Å². The lowest BCUT2D eigenvalue weighted by Crippen LogP contribution is -2.16. The highest BCUT2D eigenvalue weighted by Crippen LogP contribution is 2.31. The quantitative estimate of drug-likeness (QED) is 0.672. The van der Waals surface area contributed by atoms with Gasteiger partial charge < -0.3 is 4.57 Å². The van der Waals surface area contributed by atoms with Crippen LogP contribution in [-0.4, -0.2) is 10.5 Å². The van der Waals surface area contributed by atoms with E-state index < -0.39 is 29.0 Å². The van der Waals surface area contributed by atoms with Crippen molar-refractivity contribution in [2.24, 2.45) is 12.0 Å². The third-order valence-electron chi connectivity index (χ3n) is 3.71. The van der Waals surface area contributed by atoms with Crippen LogP contribution in [0.4, 0.5) is 17.6 Å². The highest BCUT2D eigenvalue weighted by atomic mass is 32.1. The predicted molar refractivity (Wildman–Crippen MR) is 88.0 cm³/mol.